The molecule has 6 nitrogen and oxygen atoms in total. The molecule has 0 aromatic heterocycles. The highest BCUT2D eigenvalue weighted by molar-refractivity contribution is 5.66. The third kappa shape index (κ3) is 2.38. The van der Waals surface area contributed by atoms with E-state index in [1.165, 1.54) is 6.92 Å². The number of ether oxygens (including phenoxy) is 2. The molecule has 1 aliphatic heterocycles. The molecule has 0 saturated carbocycles. The van der Waals surface area contributed by atoms with Gasteiger partial charge in [-0.25, -0.2) is 0 Å². The first kappa shape index (κ1) is 10.4. The molecule has 0 amide bonds. The molecule has 76 valence electrons. The Bertz CT molecular complexity index is 193. The van der Waals surface area contributed by atoms with Crippen LogP contribution in [0.25, 0.3) is 0 Å². The lowest BCUT2D eigenvalue weighted by atomic mass is 10.1. The van der Waals surface area contributed by atoms with Crippen LogP contribution in [0, 0.1) is 0 Å². The number of esters is 1. The predicted molar refractivity (Wildman–Crippen MR) is 39.5 cm³/mol. The van der Waals surface area contributed by atoms with Gasteiger partial charge in [0.05, 0.1) is 6.61 Å². The smallest absolute Gasteiger partial charge is 0.303 e. The maximum Gasteiger partial charge on any atom is 0.303 e. The van der Waals surface area contributed by atoms with E-state index in [0.29, 0.717) is 0 Å². The Morgan fingerprint density at radius 3 is 2.54 bits per heavy atom. The average Bonchev–Trinajstić information content (AvgIpc) is 2.06. The van der Waals surface area contributed by atoms with E-state index in [-0.39, 0.29) is 6.61 Å². The van der Waals surface area contributed by atoms with Crippen molar-refractivity contribution in [1.29, 1.82) is 0 Å². The topological polar surface area (TPSA) is 96.2 Å². The Balaban J connectivity index is 2.53. The highest BCUT2D eigenvalue weighted by atomic mass is 16.6. The molecule has 1 fully saturated rings. The van der Waals surface area contributed by atoms with Crippen molar-refractivity contribution in [3.63, 3.8) is 0 Å². The SMILES string of the molecule is CC(=O)O[C@@H]1CO[C@@H](O)[C@@H](O)[C@@H]1O. The summed E-state index contributed by atoms with van der Waals surface area (Å²) in [5, 5.41) is 27.3. The van der Waals surface area contributed by atoms with E-state index in [1.807, 2.05) is 0 Å². The van der Waals surface area contributed by atoms with E-state index in [0.717, 1.165) is 0 Å². The molecule has 6 heteroatoms. The van der Waals surface area contributed by atoms with Gasteiger partial charge in [0.25, 0.3) is 0 Å². The van der Waals surface area contributed by atoms with E-state index in [2.05, 4.69) is 9.47 Å². The lowest BCUT2D eigenvalue weighted by Crippen LogP contribution is -2.54. The fourth-order valence-electron chi connectivity index (χ4n) is 1.10. The van der Waals surface area contributed by atoms with Crippen molar-refractivity contribution in [3.8, 4) is 0 Å². The first-order valence-electron chi connectivity index (χ1n) is 3.85. The summed E-state index contributed by atoms with van der Waals surface area (Å²) in [7, 11) is 0. The zero-order valence-corrected chi connectivity index (χ0v) is 7.08. The van der Waals surface area contributed by atoms with Gasteiger partial charge in [-0.1, -0.05) is 0 Å². The van der Waals surface area contributed by atoms with Crippen LogP contribution in [-0.2, 0) is 14.3 Å². The van der Waals surface area contributed by atoms with Crippen molar-refractivity contribution < 1.29 is 29.6 Å². The Hall–Kier alpha value is -0.690. The van der Waals surface area contributed by atoms with E-state index in [1.54, 1.807) is 0 Å². The van der Waals surface area contributed by atoms with Crippen molar-refractivity contribution in [2.45, 2.75) is 31.5 Å². The van der Waals surface area contributed by atoms with Crippen molar-refractivity contribution in [2.75, 3.05) is 6.61 Å². The first-order chi connectivity index (χ1) is 6.02. The summed E-state index contributed by atoms with van der Waals surface area (Å²) in [6.45, 7) is 1.06. The lowest BCUT2D eigenvalue weighted by molar-refractivity contribution is -0.256. The van der Waals surface area contributed by atoms with Crippen LogP contribution in [0.15, 0.2) is 0 Å². The van der Waals surface area contributed by atoms with Gasteiger partial charge in [0, 0.05) is 6.92 Å². The average molecular weight is 192 g/mol. The van der Waals surface area contributed by atoms with E-state index in [9.17, 15) is 9.90 Å². The molecular formula is C7H12O6. The fraction of sp³-hybridized carbons (Fsp3) is 0.857. The van der Waals surface area contributed by atoms with Gasteiger partial charge in [-0.05, 0) is 0 Å². The maximum atomic E-state index is 10.5. The second-order valence-corrected chi connectivity index (χ2v) is 2.85. The minimum absolute atomic E-state index is 0.126. The van der Waals surface area contributed by atoms with Gasteiger partial charge in [-0.15, -0.1) is 0 Å². The highest BCUT2D eigenvalue weighted by Crippen LogP contribution is 2.16. The quantitative estimate of drug-likeness (QED) is 0.415. The number of aliphatic hydroxyl groups excluding tert-OH is 3. The fourth-order valence-corrected chi connectivity index (χ4v) is 1.10. The summed E-state index contributed by atoms with van der Waals surface area (Å²) in [5.74, 6) is -0.573. The van der Waals surface area contributed by atoms with E-state index in [4.69, 9.17) is 10.2 Å². The number of rotatable bonds is 1. The van der Waals surface area contributed by atoms with Gasteiger partial charge in [-0.2, -0.15) is 0 Å². The molecule has 3 N–H and O–H groups in total. The Morgan fingerprint density at radius 2 is 2.00 bits per heavy atom. The molecule has 0 aliphatic carbocycles. The highest BCUT2D eigenvalue weighted by Gasteiger charge is 2.39. The first-order valence-corrected chi connectivity index (χ1v) is 3.85. The van der Waals surface area contributed by atoms with Crippen LogP contribution in [0.2, 0.25) is 0 Å². The van der Waals surface area contributed by atoms with Gasteiger partial charge in [0.1, 0.15) is 12.2 Å². The monoisotopic (exact) mass is 192 g/mol. The summed E-state index contributed by atoms with van der Waals surface area (Å²) >= 11 is 0. The Labute approximate surface area is 74.7 Å². The molecule has 13 heavy (non-hydrogen) atoms. The second kappa shape index (κ2) is 4.01. The van der Waals surface area contributed by atoms with Crippen LogP contribution in [0.1, 0.15) is 6.92 Å². The summed E-state index contributed by atoms with van der Waals surface area (Å²) in [6.07, 6.45) is -5.11. The van der Waals surface area contributed by atoms with E-state index < -0.39 is 30.6 Å². The molecule has 1 aliphatic rings. The minimum atomic E-state index is -1.45. The number of carbonyl (C=O) groups excluding carboxylic acids is 1. The van der Waals surface area contributed by atoms with Crippen molar-refractivity contribution in [3.05, 3.63) is 0 Å². The second-order valence-electron chi connectivity index (χ2n) is 2.85. The molecule has 0 radical (unpaired) electrons. The van der Waals surface area contributed by atoms with Gasteiger partial charge in [0.2, 0.25) is 0 Å². The van der Waals surface area contributed by atoms with Crippen LogP contribution in [0.5, 0.6) is 0 Å². The molecule has 0 spiro atoms. The standard InChI is InChI=1S/C7H12O6/c1-3(8)13-4-2-12-7(11)6(10)5(4)9/h4-7,9-11H,2H2,1H3/t4-,5-,6+,7-/m1/s1. The van der Waals surface area contributed by atoms with Crippen LogP contribution in [0.4, 0.5) is 0 Å². The molecule has 0 aromatic carbocycles. The van der Waals surface area contributed by atoms with Crippen LogP contribution >= 0.6 is 0 Å². The number of hydrogen-bond acceptors (Lipinski definition) is 6. The number of carbonyl (C=O) groups is 1. The van der Waals surface area contributed by atoms with Gasteiger partial charge >= 0.3 is 5.97 Å². The largest absolute Gasteiger partial charge is 0.457 e. The molecule has 1 rings (SSSR count). The predicted octanol–water partition coefficient (Wildman–Crippen LogP) is -2.01. The third-order valence-corrected chi connectivity index (χ3v) is 1.77. The molecule has 1 saturated heterocycles. The van der Waals surface area contributed by atoms with Gasteiger partial charge in [-0.3, -0.25) is 4.79 Å². The maximum absolute atomic E-state index is 10.5. The summed E-state index contributed by atoms with van der Waals surface area (Å²) in [6, 6.07) is 0. The molecule has 4 atom stereocenters. The van der Waals surface area contributed by atoms with Crippen LogP contribution in [-0.4, -0.2) is 52.5 Å². The normalized spacial score (nSPS) is 40.0. The third-order valence-electron chi connectivity index (χ3n) is 1.77. The Kier molecular flexibility index (Phi) is 3.21. The lowest BCUT2D eigenvalue weighted by Gasteiger charge is -2.34. The molecular weight excluding hydrogens is 180 g/mol. The number of hydrogen-bond donors (Lipinski definition) is 3. The van der Waals surface area contributed by atoms with Crippen molar-refractivity contribution in [2.24, 2.45) is 0 Å². The van der Waals surface area contributed by atoms with Gasteiger partial charge in [0.15, 0.2) is 12.4 Å². The van der Waals surface area contributed by atoms with Crippen LogP contribution in [0.3, 0.4) is 0 Å². The Morgan fingerprint density at radius 1 is 1.38 bits per heavy atom. The van der Waals surface area contributed by atoms with Crippen molar-refractivity contribution >= 4 is 5.97 Å². The zero-order valence-electron chi connectivity index (χ0n) is 7.08. The summed E-state index contributed by atoms with van der Waals surface area (Å²) in [4.78, 5) is 10.5. The van der Waals surface area contributed by atoms with Crippen LogP contribution < -0.4 is 0 Å². The molecule has 1 heterocycles. The molecule has 0 aromatic rings. The molecule has 0 bridgehead atoms. The minimum Gasteiger partial charge on any atom is -0.457 e. The summed E-state index contributed by atoms with van der Waals surface area (Å²) in [5.41, 5.74) is 0. The molecule has 0 unspecified atom stereocenters. The number of aliphatic hydroxyl groups is 3. The van der Waals surface area contributed by atoms with Gasteiger partial charge < -0.3 is 24.8 Å². The van der Waals surface area contributed by atoms with E-state index >= 15 is 0 Å². The zero-order chi connectivity index (χ0) is 10.0. The van der Waals surface area contributed by atoms with Crippen molar-refractivity contribution in [1.82, 2.24) is 0 Å². The summed E-state index contributed by atoms with van der Waals surface area (Å²) < 4.78 is 9.28.